The van der Waals surface area contributed by atoms with Crippen molar-refractivity contribution in [3.05, 3.63) is 30.3 Å². The summed E-state index contributed by atoms with van der Waals surface area (Å²) in [7, 11) is 0. The van der Waals surface area contributed by atoms with Gasteiger partial charge in [-0.05, 0) is 31.4 Å². The lowest BCUT2D eigenvalue weighted by atomic mass is 10.2. The van der Waals surface area contributed by atoms with Crippen LogP contribution in [-0.4, -0.2) is 24.5 Å². The topological polar surface area (TPSA) is 32.3 Å². The second-order valence-electron chi connectivity index (χ2n) is 4.61. The van der Waals surface area contributed by atoms with Gasteiger partial charge in [0.2, 0.25) is 5.91 Å². The average molecular weight is 216 g/mol. The summed E-state index contributed by atoms with van der Waals surface area (Å²) >= 11 is 0. The van der Waals surface area contributed by atoms with E-state index in [9.17, 15) is 4.79 Å². The molecule has 1 amide bonds. The first-order chi connectivity index (χ1) is 7.84. The second-order valence-corrected chi connectivity index (χ2v) is 4.61. The molecule has 1 saturated heterocycles. The lowest BCUT2D eigenvalue weighted by Gasteiger charge is -2.17. The van der Waals surface area contributed by atoms with Gasteiger partial charge in [-0.1, -0.05) is 18.2 Å². The molecule has 2 aliphatic rings. The Bertz CT molecular complexity index is 386. The number of benzene rings is 1. The normalized spacial score (nSPS) is 25.1. The van der Waals surface area contributed by atoms with Crippen LogP contribution in [0.2, 0.25) is 0 Å². The van der Waals surface area contributed by atoms with Gasteiger partial charge < -0.3 is 10.2 Å². The highest BCUT2D eigenvalue weighted by molar-refractivity contribution is 5.99. The highest BCUT2D eigenvalue weighted by atomic mass is 16.2. The van der Waals surface area contributed by atoms with E-state index >= 15 is 0 Å². The first-order valence-electron chi connectivity index (χ1n) is 5.97. The van der Waals surface area contributed by atoms with E-state index in [4.69, 9.17) is 0 Å². The minimum absolute atomic E-state index is 0.0488. The van der Waals surface area contributed by atoms with Crippen molar-refractivity contribution >= 4 is 11.6 Å². The summed E-state index contributed by atoms with van der Waals surface area (Å²) < 4.78 is 0. The summed E-state index contributed by atoms with van der Waals surface area (Å²) in [4.78, 5) is 14.0. The Morgan fingerprint density at radius 3 is 2.56 bits per heavy atom. The molecule has 1 aliphatic heterocycles. The van der Waals surface area contributed by atoms with Gasteiger partial charge >= 0.3 is 0 Å². The van der Waals surface area contributed by atoms with Gasteiger partial charge in [0.15, 0.2) is 0 Å². The van der Waals surface area contributed by atoms with Gasteiger partial charge in [-0.15, -0.1) is 0 Å². The minimum atomic E-state index is 0.0488. The molecule has 3 nitrogen and oxygen atoms in total. The monoisotopic (exact) mass is 216 g/mol. The van der Waals surface area contributed by atoms with Gasteiger partial charge in [0, 0.05) is 18.3 Å². The second kappa shape index (κ2) is 3.91. The predicted molar refractivity (Wildman–Crippen MR) is 63.4 cm³/mol. The van der Waals surface area contributed by atoms with Crippen molar-refractivity contribution in [3.8, 4) is 0 Å². The van der Waals surface area contributed by atoms with Crippen LogP contribution in [0.1, 0.15) is 19.3 Å². The molecular weight excluding hydrogens is 200 g/mol. The van der Waals surface area contributed by atoms with Gasteiger partial charge in [-0.2, -0.15) is 0 Å². The summed E-state index contributed by atoms with van der Waals surface area (Å²) in [6.45, 7) is 0.841. The zero-order chi connectivity index (χ0) is 11.0. The first kappa shape index (κ1) is 9.85. The quantitative estimate of drug-likeness (QED) is 0.831. The molecule has 1 unspecified atom stereocenters. The molecule has 0 spiro atoms. The van der Waals surface area contributed by atoms with E-state index < -0.39 is 0 Å². The molecule has 16 heavy (non-hydrogen) atoms. The lowest BCUT2D eigenvalue weighted by Crippen LogP contribution is -2.39. The van der Waals surface area contributed by atoms with Crippen molar-refractivity contribution in [1.82, 2.24) is 5.32 Å². The number of anilines is 1. The molecule has 1 aromatic carbocycles. The van der Waals surface area contributed by atoms with Gasteiger partial charge in [0.05, 0.1) is 6.04 Å². The van der Waals surface area contributed by atoms with E-state index in [1.807, 2.05) is 35.2 Å². The maximum atomic E-state index is 12.1. The fraction of sp³-hybridized carbons (Fsp3) is 0.462. The van der Waals surface area contributed by atoms with Crippen LogP contribution in [0.15, 0.2) is 30.3 Å². The fourth-order valence-corrected chi connectivity index (χ4v) is 2.23. The van der Waals surface area contributed by atoms with Gasteiger partial charge in [-0.25, -0.2) is 0 Å². The molecule has 3 rings (SSSR count). The Kier molecular flexibility index (Phi) is 2.40. The van der Waals surface area contributed by atoms with E-state index in [2.05, 4.69) is 5.32 Å². The molecule has 1 N–H and O–H groups in total. The van der Waals surface area contributed by atoms with Crippen molar-refractivity contribution < 1.29 is 4.79 Å². The van der Waals surface area contributed by atoms with Crippen molar-refractivity contribution in [1.29, 1.82) is 0 Å². The molecular formula is C13H16N2O. The Hall–Kier alpha value is -1.35. The SMILES string of the molecule is O=C1C(NC2CC2)CCN1c1ccccc1. The molecule has 0 bridgehead atoms. The van der Waals surface area contributed by atoms with Crippen molar-refractivity contribution in [2.24, 2.45) is 0 Å². The minimum Gasteiger partial charge on any atom is -0.311 e. The third-order valence-electron chi connectivity index (χ3n) is 3.29. The molecule has 1 atom stereocenters. The van der Waals surface area contributed by atoms with Gasteiger partial charge in [0.25, 0.3) is 0 Å². The summed E-state index contributed by atoms with van der Waals surface area (Å²) in [5.41, 5.74) is 1.02. The molecule has 84 valence electrons. The number of amides is 1. The number of nitrogens with zero attached hydrogens (tertiary/aromatic N) is 1. The smallest absolute Gasteiger partial charge is 0.244 e. The van der Waals surface area contributed by atoms with Crippen LogP contribution in [0.4, 0.5) is 5.69 Å². The van der Waals surface area contributed by atoms with E-state index in [0.29, 0.717) is 6.04 Å². The number of hydrogen-bond acceptors (Lipinski definition) is 2. The highest BCUT2D eigenvalue weighted by Gasteiger charge is 2.35. The number of carbonyl (C=O) groups is 1. The van der Waals surface area contributed by atoms with Crippen molar-refractivity contribution in [2.75, 3.05) is 11.4 Å². The predicted octanol–water partition coefficient (Wildman–Crippen LogP) is 1.54. The van der Waals surface area contributed by atoms with Gasteiger partial charge in [-0.3, -0.25) is 4.79 Å². The molecule has 0 aromatic heterocycles. The molecule has 3 heteroatoms. The highest BCUT2D eigenvalue weighted by Crippen LogP contribution is 2.25. The Balaban J connectivity index is 1.71. The summed E-state index contributed by atoms with van der Waals surface area (Å²) in [6, 6.07) is 10.6. The third-order valence-corrected chi connectivity index (χ3v) is 3.29. The zero-order valence-corrected chi connectivity index (χ0v) is 9.23. The largest absolute Gasteiger partial charge is 0.311 e. The Morgan fingerprint density at radius 1 is 1.12 bits per heavy atom. The fourth-order valence-electron chi connectivity index (χ4n) is 2.23. The third kappa shape index (κ3) is 1.83. The van der Waals surface area contributed by atoms with E-state index in [-0.39, 0.29) is 11.9 Å². The first-order valence-corrected chi connectivity index (χ1v) is 5.97. The standard InChI is InChI=1S/C13H16N2O/c16-13-12(14-10-6-7-10)8-9-15(13)11-4-2-1-3-5-11/h1-5,10,12,14H,6-9H2. The molecule has 1 aliphatic carbocycles. The van der Waals surface area contributed by atoms with Crippen LogP contribution in [-0.2, 0) is 4.79 Å². The zero-order valence-electron chi connectivity index (χ0n) is 9.23. The van der Waals surface area contributed by atoms with E-state index in [0.717, 1.165) is 18.7 Å². The summed E-state index contributed by atoms with van der Waals surface area (Å²) in [5.74, 6) is 0.234. The molecule has 0 radical (unpaired) electrons. The molecule has 1 heterocycles. The van der Waals surface area contributed by atoms with Crippen molar-refractivity contribution in [3.63, 3.8) is 0 Å². The summed E-state index contributed by atoms with van der Waals surface area (Å²) in [5, 5.41) is 3.41. The summed E-state index contributed by atoms with van der Waals surface area (Å²) in [6.07, 6.45) is 3.40. The Labute approximate surface area is 95.4 Å². The van der Waals surface area contributed by atoms with Gasteiger partial charge in [0.1, 0.15) is 0 Å². The molecule has 1 saturated carbocycles. The number of rotatable bonds is 3. The number of para-hydroxylation sites is 1. The van der Waals surface area contributed by atoms with Crippen LogP contribution in [0.25, 0.3) is 0 Å². The van der Waals surface area contributed by atoms with Crippen LogP contribution < -0.4 is 10.2 Å². The van der Waals surface area contributed by atoms with Crippen LogP contribution in [0, 0.1) is 0 Å². The molecule has 1 aromatic rings. The van der Waals surface area contributed by atoms with Crippen LogP contribution >= 0.6 is 0 Å². The maximum absolute atomic E-state index is 12.1. The average Bonchev–Trinajstić information content (AvgIpc) is 3.06. The number of nitrogens with one attached hydrogen (secondary N) is 1. The van der Waals surface area contributed by atoms with E-state index in [1.165, 1.54) is 12.8 Å². The van der Waals surface area contributed by atoms with Crippen LogP contribution in [0.5, 0.6) is 0 Å². The number of hydrogen-bond donors (Lipinski definition) is 1. The van der Waals surface area contributed by atoms with Crippen molar-refractivity contribution in [2.45, 2.75) is 31.3 Å². The van der Waals surface area contributed by atoms with Crippen LogP contribution in [0.3, 0.4) is 0 Å². The number of carbonyl (C=O) groups excluding carboxylic acids is 1. The Morgan fingerprint density at radius 2 is 1.88 bits per heavy atom. The lowest BCUT2D eigenvalue weighted by molar-refractivity contribution is -0.118. The maximum Gasteiger partial charge on any atom is 0.244 e. The van der Waals surface area contributed by atoms with E-state index in [1.54, 1.807) is 0 Å². The molecule has 2 fully saturated rings.